The lowest BCUT2D eigenvalue weighted by Crippen LogP contribution is -2.12. The van der Waals surface area contributed by atoms with Crippen LogP contribution in [0, 0.1) is 12.8 Å². The van der Waals surface area contributed by atoms with Crippen LogP contribution in [0.2, 0.25) is 0 Å². The lowest BCUT2D eigenvalue weighted by Gasteiger charge is -2.10. The molecule has 0 radical (unpaired) electrons. The Labute approximate surface area is 113 Å². The summed E-state index contributed by atoms with van der Waals surface area (Å²) in [6.07, 6.45) is 5.07. The summed E-state index contributed by atoms with van der Waals surface area (Å²) in [7, 11) is 0. The van der Waals surface area contributed by atoms with Crippen LogP contribution in [-0.4, -0.2) is 35.8 Å². The van der Waals surface area contributed by atoms with Gasteiger partial charge in [0, 0.05) is 26.0 Å². The second kappa shape index (κ2) is 6.52. The predicted octanol–water partition coefficient (Wildman–Crippen LogP) is 2.32. The van der Waals surface area contributed by atoms with Gasteiger partial charge in [0.05, 0.1) is 0 Å². The lowest BCUT2D eigenvalue weighted by atomic mass is 10.1. The monoisotopic (exact) mass is 264 g/mol. The third-order valence-corrected chi connectivity index (χ3v) is 3.18. The standard InChI is InChI=1S/C14H20N2O3/c1-10-5-7-16-13(12(10)14(17)18)15-6-2-8-19-9-11-3-4-11/h5,7,11H,2-4,6,8-9H2,1H3,(H,15,16)(H,17,18). The summed E-state index contributed by atoms with van der Waals surface area (Å²) in [6, 6.07) is 1.70. The Morgan fingerprint density at radius 1 is 1.58 bits per heavy atom. The zero-order chi connectivity index (χ0) is 13.7. The van der Waals surface area contributed by atoms with Crippen molar-refractivity contribution in [2.75, 3.05) is 25.1 Å². The zero-order valence-electron chi connectivity index (χ0n) is 11.2. The SMILES string of the molecule is Cc1ccnc(NCCCOCC2CC2)c1C(=O)O. The quantitative estimate of drug-likeness (QED) is 0.705. The van der Waals surface area contributed by atoms with Gasteiger partial charge in [-0.25, -0.2) is 9.78 Å². The number of aromatic carboxylic acids is 1. The molecule has 0 saturated heterocycles. The number of aryl methyl sites for hydroxylation is 1. The minimum Gasteiger partial charge on any atom is -0.478 e. The van der Waals surface area contributed by atoms with Crippen molar-refractivity contribution in [1.82, 2.24) is 4.98 Å². The molecular weight excluding hydrogens is 244 g/mol. The molecule has 1 saturated carbocycles. The molecular formula is C14H20N2O3. The van der Waals surface area contributed by atoms with Crippen LogP contribution in [0.5, 0.6) is 0 Å². The molecule has 0 unspecified atom stereocenters. The third kappa shape index (κ3) is 4.21. The molecule has 0 aliphatic heterocycles. The fourth-order valence-corrected chi connectivity index (χ4v) is 1.88. The van der Waals surface area contributed by atoms with E-state index in [0.29, 0.717) is 19.0 Å². The van der Waals surface area contributed by atoms with E-state index in [1.54, 1.807) is 19.2 Å². The first kappa shape index (κ1) is 13.8. The van der Waals surface area contributed by atoms with E-state index in [2.05, 4.69) is 10.3 Å². The van der Waals surface area contributed by atoms with Gasteiger partial charge < -0.3 is 15.2 Å². The molecule has 1 aromatic rings. The van der Waals surface area contributed by atoms with E-state index >= 15 is 0 Å². The van der Waals surface area contributed by atoms with E-state index in [4.69, 9.17) is 9.84 Å². The predicted molar refractivity (Wildman–Crippen MR) is 72.6 cm³/mol. The molecule has 0 spiro atoms. The van der Waals surface area contributed by atoms with Crippen LogP contribution in [-0.2, 0) is 4.74 Å². The van der Waals surface area contributed by atoms with Crippen molar-refractivity contribution in [3.63, 3.8) is 0 Å². The van der Waals surface area contributed by atoms with E-state index in [0.717, 1.165) is 24.5 Å². The van der Waals surface area contributed by atoms with Gasteiger partial charge in [0.25, 0.3) is 0 Å². The second-order valence-electron chi connectivity index (χ2n) is 4.96. The van der Waals surface area contributed by atoms with Crippen molar-refractivity contribution in [3.8, 4) is 0 Å². The highest BCUT2D eigenvalue weighted by Gasteiger charge is 2.20. The number of anilines is 1. The van der Waals surface area contributed by atoms with Crippen LogP contribution in [0.25, 0.3) is 0 Å². The Balaban J connectivity index is 1.75. The number of hydrogen-bond acceptors (Lipinski definition) is 4. The van der Waals surface area contributed by atoms with Crippen LogP contribution in [0.15, 0.2) is 12.3 Å². The smallest absolute Gasteiger partial charge is 0.339 e. The second-order valence-corrected chi connectivity index (χ2v) is 4.96. The normalized spacial score (nSPS) is 14.4. The Hall–Kier alpha value is -1.62. The number of ether oxygens (including phenoxy) is 1. The number of nitrogens with one attached hydrogen (secondary N) is 1. The maximum Gasteiger partial charge on any atom is 0.339 e. The lowest BCUT2D eigenvalue weighted by molar-refractivity contribution is 0.0697. The summed E-state index contributed by atoms with van der Waals surface area (Å²) < 4.78 is 5.52. The molecule has 2 N–H and O–H groups in total. The third-order valence-electron chi connectivity index (χ3n) is 3.18. The number of carboxylic acids is 1. The van der Waals surface area contributed by atoms with E-state index in [-0.39, 0.29) is 5.56 Å². The molecule has 0 atom stereocenters. The van der Waals surface area contributed by atoms with Gasteiger partial charge in [0.2, 0.25) is 0 Å². The van der Waals surface area contributed by atoms with E-state index in [1.165, 1.54) is 12.8 Å². The van der Waals surface area contributed by atoms with Gasteiger partial charge in [-0.05, 0) is 43.7 Å². The fourth-order valence-electron chi connectivity index (χ4n) is 1.88. The number of rotatable bonds is 8. The molecule has 104 valence electrons. The first-order valence-electron chi connectivity index (χ1n) is 6.69. The maximum atomic E-state index is 11.2. The number of pyridine rings is 1. The van der Waals surface area contributed by atoms with Gasteiger partial charge in [0.1, 0.15) is 11.4 Å². The summed E-state index contributed by atoms with van der Waals surface area (Å²) in [5.41, 5.74) is 0.969. The number of hydrogen-bond donors (Lipinski definition) is 2. The molecule has 19 heavy (non-hydrogen) atoms. The van der Waals surface area contributed by atoms with Crippen molar-refractivity contribution in [2.45, 2.75) is 26.2 Å². The first-order valence-corrected chi connectivity index (χ1v) is 6.69. The molecule has 0 aromatic carbocycles. The Bertz CT molecular complexity index is 444. The van der Waals surface area contributed by atoms with Gasteiger partial charge in [-0.2, -0.15) is 0 Å². The van der Waals surface area contributed by atoms with Crippen LogP contribution < -0.4 is 5.32 Å². The molecule has 0 bridgehead atoms. The Morgan fingerprint density at radius 2 is 2.37 bits per heavy atom. The van der Waals surface area contributed by atoms with Crippen molar-refractivity contribution in [1.29, 1.82) is 0 Å². The van der Waals surface area contributed by atoms with Gasteiger partial charge in [-0.15, -0.1) is 0 Å². The number of carboxylic acid groups (broad SMARTS) is 1. The van der Waals surface area contributed by atoms with Crippen LogP contribution in [0.3, 0.4) is 0 Å². The maximum absolute atomic E-state index is 11.2. The number of carbonyl (C=O) groups is 1. The zero-order valence-corrected chi connectivity index (χ0v) is 11.2. The Morgan fingerprint density at radius 3 is 3.05 bits per heavy atom. The minimum absolute atomic E-state index is 0.251. The molecule has 2 rings (SSSR count). The van der Waals surface area contributed by atoms with E-state index in [1.807, 2.05) is 0 Å². The topological polar surface area (TPSA) is 71.5 Å². The summed E-state index contributed by atoms with van der Waals surface area (Å²) in [5.74, 6) is 0.276. The molecule has 1 aromatic heterocycles. The molecule has 1 aliphatic carbocycles. The minimum atomic E-state index is -0.946. The van der Waals surface area contributed by atoms with Gasteiger partial charge in [-0.1, -0.05) is 0 Å². The average molecular weight is 264 g/mol. The van der Waals surface area contributed by atoms with E-state index in [9.17, 15) is 4.79 Å². The largest absolute Gasteiger partial charge is 0.478 e. The highest BCUT2D eigenvalue weighted by Crippen LogP contribution is 2.28. The summed E-state index contributed by atoms with van der Waals surface area (Å²) >= 11 is 0. The van der Waals surface area contributed by atoms with Gasteiger partial charge in [-0.3, -0.25) is 0 Å². The van der Waals surface area contributed by atoms with E-state index < -0.39 is 5.97 Å². The fraction of sp³-hybridized carbons (Fsp3) is 0.571. The molecule has 5 heteroatoms. The van der Waals surface area contributed by atoms with Crippen LogP contribution in [0.4, 0.5) is 5.82 Å². The first-order chi connectivity index (χ1) is 9.18. The van der Waals surface area contributed by atoms with Gasteiger partial charge >= 0.3 is 5.97 Å². The average Bonchev–Trinajstić information content (AvgIpc) is 3.17. The number of aromatic nitrogens is 1. The molecule has 1 aliphatic rings. The highest BCUT2D eigenvalue weighted by atomic mass is 16.5. The summed E-state index contributed by atoms with van der Waals surface area (Å²) in [6.45, 7) is 4.01. The van der Waals surface area contributed by atoms with Crippen molar-refractivity contribution >= 4 is 11.8 Å². The molecule has 0 amide bonds. The summed E-state index contributed by atoms with van der Waals surface area (Å²) in [4.78, 5) is 15.2. The van der Waals surface area contributed by atoms with Crippen molar-refractivity contribution in [2.24, 2.45) is 5.92 Å². The molecule has 5 nitrogen and oxygen atoms in total. The van der Waals surface area contributed by atoms with Gasteiger partial charge in [0.15, 0.2) is 0 Å². The van der Waals surface area contributed by atoms with Crippen molar-refractivity contribution in [3.05, 3.63) is 23.4 Å². The number of nitrogens with zero attached hydrogens (tertiary/aromatic N) is 1. The summed E-state index contributed by atoms with van der Waals surface area (Å²) in [5, 5.41) is 12.2. The molecule has 1 heterocycles. The van der Waals surface area contributed by atoms with Crippen LogP contribution in [0.1, 0.15) is 35.2 Å². The molecule has 1 fully saturated rings. The highest BCUT2D eigenvalue weighted by molar-refractivity contribution is 5.94. The van der Waals surface area contributed by atoms with Crippen LogP contribution >= 0.6 is 0 Å². The van der Waals surface area contributed by atoms with Crippen molar-refractivity contribution < 1.29 is 14.6 Å². The Kier molecular flexibility index (Phi) is 4.74.